The molecule has 1 aromatic rings. The molecule has 1 fully saturated rings. The Balaban J connectivity index is 0.000000861. The molecule has 0 saturated carbocycles. The van der Waals surface area contributed by atoms with E-state index in [1.54, 1.807) is 0 Å². The minimum Gasteiger partial charge on any atom is -0.303 e. The quantitative estimate of drug-likeness (QED) is 0.738. The van der Waals surface area contributed by atoms with E-state index < -0.39 is 0 Å². The Morgan fingerprint density at radius 1 is 1.05 bits per heavy atom. The summed E-state index contributed by atoms with van der Waals surface area (Å²) >= 11 is 0. The van der Waals surface area contributed by atoms with Crippen LogP contribution < -0.4 is 0 Å². The van der Waals surface area contributed by atoms with E-state index >= 15 is 0 Å². The van der Waals surface area contributed by atoms with E-state index in [0.29, 0.717) is 0 Å². The number of hydrogen-bond donors (Lipinski definition) is 0. The predicted molar refractivity (Wildman–Crippen MR) is 85.6 cm³/mol. The number of likely N-dealkylation sites (tertiary alicyclic amines) is 1. The molecule has 0 spiro atoms. The maximum absolute atomic E-state index is 2.65. The van der Waals surface area contributed by atoms with Crippen LogP contribution in [0, 0.1) is 5.92 Å². The van der Waals surface area contributed by atoms with Gasteiger partial charge in [0.25, 0.3) is 0 Å². The smallest absolute Gasteiger partial charge is 0.00156 e. The Hall–Kier alpha value is -0.820. The molecule has 0 aliphatic carbocycles. The highest BCUT2D eigenvalue weighted by Gasteiger charge is 2.16. The van der Waals surface area contributed by atoms with Crippen molar-refractivity contribution in [2.45, 2.75) is 52.9 Å². The monoisotopic (exact) mass is 261 g/mol. The molecule has 1 nitrogen and oxygen atoms in total. The standard InChI is InChI=1S/C16H25N.C2H6/c1-2-15-10-13-17(14-11-15)12-6-9-16-7-4-3-5-8-16;1-2/h3-5,7-8,15H,2,6,9-14H2,1H3;1-2H3. The van der Waals surface area contributed by atoms with Crippen molar-refractivity contribution in [3.05, 3.63) is 35.9 Å². The van der Waals surface area contributed by atoms with E-state index in [2.05, 4.69) is 42.2 Å². The van der Waals surface area contributed by atoms with Crippen LogP contribution in [0.5, 0.6) is 0 Å². The second-order valence-electron chi connectivity index (χ2n) is 5.28. The zero-order valence-corrected chi connectivity index (χ0v) is 13.1. The van der Waals surface area contributed by atoms with E-state index in [4.69, 9.17) is 0 Å². The van der Waals surface area contributed by atoms with Crippen molar-refractivity contribution in [2.75, 3.05) is 19.6 Å². The molecule has 1 saturated heterocycles. The molecular weight excluding hydrogens is 230 g/mol. The predicted octanol–water partition coefficient (Wildman–Crippen LogP) is 4.77. The molecule has 1 heteroatoms. The van der Waals surface area contributed by atoms with Gasteiger partial charge in [0, 0.05) is 0 Å². The summed E-state index contributed by atoms with van der Waals surface area (Å²) in [7, 11) is 0. The maximum Gasteiger partial charge on any atom is -0.00156 e. The first-order chi connectivity index (χ1) is 9.38. The summed E-state index contributed by atoms with van der Waals surface area (Å²) in [6.45, 7) is 10.3. The lowest BCUT2D eigenvalue weighted by Gasteiger charge is -2.31. The zero-order chi connectivity index (χ0) is 13.9. The average Bonchev–Trinajstić information content (AvgIpc) is 2.51. The molecule has 0 radical (unpaired) electrons. The fourth-order valence-electron chi connectivity index (χ4n) is 2.77. The highest BCUT2D eigenvalue weighted by atomic mass is 15.1. The summed E-state index contributed by atoms with van der Waals surface area (Å²) in [5.74, 6) is 1.00. The first-order valence-electron chi connectivity index (χ1n) is 8.14. The Kier molecular flexibility index (Phi) is 8.57. The van der Waals surface area contributed by atoms with Crippen LogP contribution in [-0.2, 0) is 6.42 Å². The molecule has 0 N–H and O–H groups in total. The maximum atomic E-state index is 2.65. The van der Waals surface area contributed by atoms with Gasteiger partial charge in [-0.1, -0.05) is 57.5 Å². The second kappa shape index (κ2) is 10.0. The first kappa shape index (κ1) is 16.2. The highest BCUT2D eigenvalue weighted by molar-refractivity contribution is 5.14. The minimum absolute atomic E-state index is 1.00. The molecule has 108 valence electrons. The van der Waals surface area contributed by atoms with Gasteiger partial charge < -0.3 is 4.90 Å². The van der Waals surface area contributed by atoms with Gasteiger partial charge in [-0.15, -0.1) is 0 Å². The van der Waals surface area contributed by atoms with Gasteiger partial charge >= 0.3 is 0 Å². The summed E-state index contributed by atoms with van der Waals surface area (Å²) < 4.78 is 0. The number of hydrogen-bond acceptors (Lipinski definition) is 1. The van der Waals surface area contributed by atoms with Crippen LogP contribution in [0.15, 0.2) is 30.3 Å². The molecule has 0 atom stereocenters. The molecular formula is C18H31N. The molecule has 1 heterocycles. The van der Waals surface area contributed by atoms with Crippen molar-refractivity contribution in [3.8, 4) is 0 Å². The molecule has 0 amide bonds. The van der Waals surface area contributed by atoms with Crippen molar-refractivity contribution in [1.82, 2.24) is 4.90 Å². The van der Waals surface area contributed by atoms with E-state index in [-0.39, 0.29) is 0 Å². The largest absolute Gasteiger partial charge is 0.303 e. The third-order valence-corrected chi connectivity index (χ3v) is 4.07. The summed E-state index contributed by atoms with van der Waals surface area (Å²) in [5, 5.41) is 0. The van der Waals surface area contributed by atoms with Gasteiger partial charge in [-0.3, -0.25) is 0 Å². The van der Waals surface area contributed by atoms with E-state index in [1.165, 1.54) is 57.3 Å². The summed E-state index contributed by atoms with van der Waals surface area (Å²) in [6.07, 6.45) is 6.75. The topological polar surface area (TPSA) is 3.24 Å². The van der Waals surface area contributed by atoms with Crippen LogP contribution in [0.4, 0.5) is 0 Å². The second-order valence-corrected chi connectivity index (χ2v) is 5.28. The molecule has 1 aliphatic heterocycles. The number of piperidine rings is 1. The number of benzene rings is 1. The molecule has 1 aliphatic rings. The normalized spacial score (nSPS) is 16.8. The molecule has 0 bridgehead atoms. The van der Waals surface area contributed by atoms with Crippen LogP contribution in [0.2, 0.25) is 0 Å². The number of aryl methyl sites for hydroxylation is 1. The summed E-state index contributed by atoms with van der Waals surface area (Å²) in [6, 6.07) is 10.9. The lowest BCUT2D eigenvalue weighted by Crippen LogP contribution is -2.34. The fraction of sp³-hybridized carbons (Fsp3) is 0.667. The van der Waals surface area contributed by atoms with Gasteiger partial charge in [-0.05, 0) is 56.8 Å². The Morgan fingerprint density at radius 3 is 2.26 bits per heavy atom. The van der Waals surface area contributed by atoms with Crippen LogP contribution in [0.3, 0.4) is 0 Å². The van der Waals surface area contributed by atoms with Crippen LogP contribution in [0.25, 0.3) is 0 Å². The SMILES string of the molecule is CC.CCC1CCN(CCCc2ccccc2)CC1. The Bertz CT molecular complexity index is 299. The van der Waals surface area contributed by atoms with Crippen LogP contribution in [0.1, 0.15) is 52.0 Å². The highest BCUT2D eigenvalue weighted by Crippen LogP contribution is 2.20. The van der Waals surface area contributed by atoms with Crippen molar-refractivity contribution < 1.29 is 0 Å². The molecule has 0 aromatic heterocycles. The summed E-state index contributed by atoms with van der Waals surface area (Å²) in [5.41, 5.74) is 1.48. The van der Waals surface area contributed by atoms with Crippen molar-refractivity contribution in [2.24, 2.45) is 5.92 Å². The fourth-order valence-corrected chi connectivity index (χ4v) is 2.77. The van der Waals surface area contributed by atoms with Crippen molar-refractivity contribution in [3.63, 3.8) is 0 Å². The van der Waals surface area contributed by atoms with E-state index in [1.807, 2.05) is 13.8 Å². The molecule has 19 heavy (non-hydrogen) atoms. The van der Waals surface area contributed by atoms with Crippen LogP contribution in [-0.4, -0.2) is 24.5 Å². The van der Waals surface area contributed by atoms with Crippen molar-refractivity contribution >= 4 is 0 Å². The van der Waals surface area contributed by atoms with Gasteiger partial charge in [-0.25, -0.2) is 0 Å². The van der Waals surface area contributed by atoms with Gasteiger partial charge in [-0.2, -0.15) is 0 Å². The van der Waals surface area contributed by atoms with Gasteiger partial charge in [0.2, 0.25) is 0 Å². The number of nitrogens with zero attached hydrogens (tertiary/aromatic N) is 1. The summed E-state index contributed by atoms with van der Waals surface area (Å²) in [4.78, 5) is 2.65. The Morgan fingerprint density at radius 2 is 1.68 bits per heavy atom. The van der Waals surface area contributed by atoms with Crippen molar-refractivity contribution in [1.29, 1.82) is 0 Å². The first-order valence-corrected chi connectivity index (χ1v) is 8.14. The van der Waals surface area contributed by atoms with E-state index in [0.717, 1.165) is 5.92 Å². The number of rotatable bonds is 5. The zero-order valence-electron chi connectivity index (χ0n) is 13.1. The Labute approximate surface area is 120 Å². The van der Waals surface area contributed by atoms with E-state index in [9.17, 15) is 0 Å². The lowest BCUT2D eigenvalue weighted by molar-refractivity contribution is 0.180. The lowest BCUT2D eigenvalue weighted by atomic mass is 9.94. The van der Waals surface area contributed by atoms with Gasteiger partial charge in [0.05, 0.1) is 0 Å². The third kappa shape index (κ3) is 6.24. The molecule has 0 unspecified atom stereocenters. The van der Waals surface area contributed by atoms with Gasteiger partial charge in [0.1, 0.15) is 0 Å². The van der Waals surface area contributed by atoms with Gasteiger partial charge in [0.15, 0.2) is 0 Å². The van der Waals surface area contributed by atoms with Crippen LogP contribution >= 0.6 is 0 Å². The minimum atomic E-state index is 1.00. The molecule has 2 rings (SSSR count). The average molecular weight is 261 g/mol. The molecule has 1 aromatic carbocycles. The third-order valence-electron chi connectivity index (χ3n) is 4.07.